The van der Waals surface area contributed by atoms with Gasteiger partial charge in [0.2, 0.25) is 5.82 Å². The van der Waals surface area contributed by atoms with Crippen LogP contribution in [0.25, 0.3) is 16.7 Å². The minimum Gasteiger partial charge on any atom is -0.462 e. The smallest absolute Gasteiger partial charge is 0.450 e. The number of alkyl halides is 3. The van der Waals surface area contributed by atoms with Crippen molar-refractivity contribution in [1.82, 2.24) is 29.3 Å². The number of amides is 1. The number of fused-ring (bicyclic) bond motifs is 1. The number of ether oxygens (including phenoxy) is 2. The van der Waals surface area contributed by atoms with E-state index in [4.69, 9.17) is 9.47 Å². The SMILES string of the molecule is CC1CN(C(=O)OC(C)(C)C)CCN1c1nc(OCC2CCCN2C)nc2c(=O)n(-c3ccccc3F)c(C(F)(F)F)nc12. The number of carbonyl (C=O) groups is 1. The molecule has 238 valence electrons. The number of hydrogen-bond acceptors (Lipinski definition) is 9. The summed E-state index contributed by atoms with van der Waals surface area (Å²) in [5.41, 5.74) is -3.41. The van der Waals surface area contributed by atoms with Gasteiger partial charge in [-0.1, -0.05) is 12.1 Å². The van der Waals surface area contributed by atoms with Crippen LogP contribution in [0.2, 0.25) is 0 Å². The summed E-state index contributed by atoms with van der Waals surface area (Å²) in [6.45, 7) is 8.59. The predicted molar refractivity (Wildman–Crippen MR) is 154 cm³/mol. The molecule has 5 rings (SSSR count). The molecule has 1 amide bonds. The maximum atomic E-state index is 14.8. The van der Waals surface area contributed by atoms with Crippen molar-refractivity contribution >= 4 is 22.9 Å². The van der Waals surface area contributed by atoms with Crippen LogP contribution in [-0.2, 0) is 10.9 Å². The molecule has 44 heavy (non-hydrogen) atoms. The second kappa shape index (κ2) is 11.8. The van der Waals surface area contributed by atoms with E-state index < -0.39 is 57.8 Å². The Morgan fingerprint density at radius 2 is 1.77 bits per heavy atom. The summed E-state index contributed by atoms with van der Waals surface area (Å²) in [6.07, 6.45) is -3.80. The Morgan fingerprint density at radius 1 is 1.05 bits per heavy atom. The average molecular weight is 622 g/mol. The fourth-order valence-electron chi connectivity index (χ4n) is 5.47. The van der Waals surface area contributed by atoms with Crippen LogP contribution >= 0.6 is 0 Å². The predicted octanol–water partition coefficient (Wildman–Crippen LogP) is 4.25. The number of piperazine rings is 1. The highest BCUT2D eigenvalue weighted by atomic mass is 19.4. The molecule has 4 heterocycles. The van der Waals surface area contributed by atoms with Gasteiger partial charge in [-0.2, -0.15) is 23.1 Å². The molecule has 0 spiro atoms. The van der Waals surface area contributed by atoms with Crippen molar-refractivity contribution in [3.8, 4) is 11.7 Å². The Labute approximate surface area is 251 Å². The number of para-hydroxylation sites is 1. The lowest BCUT2D eigenvalue weighted by Crippen LogP contribution is -2.55. The van der Waals surface area contributed by atoms with Crippen LogP contribution in [0.15, 0.2) is 29.1 Å². The molecule has 2 unspecified atom stereocenters. The lowest BCUT2D eigenvalue weighted by atomic mass is 10.1. The lowest BCUT2D eigenvalue weighted by Gasteiger charge is -2.40. The molecular weight excluding hydrogens is 586 g/mol. The Bertz CT molecular complexity index is 1610. The maximum Gasteiger partial charge on any atom is 0.450 e. The summed E-state index contributed by atoms with van der Waals surface area (Å²) in [4.78, 5) is 44.4. The van der Waals surface area contributed by atoms with E-state index in [0.717, 1.165) is 31.5 Å². The number of carbonyl (C=O) groups excluding carboxylic acids is 1. The van der Waals surface area contributed by atoms with Crippen molar-refractivity contribution in [2.45, 2.75) is 64.4 Å². The largest absolute Gasteiger partial charge is 0.462 e. The van der Waals surface area contributed by atoms with E-state index in [1.807, 2.05) is 7.05 Å². The van der Waals surface area contributed by atoms with E-state index in [0.29, 0.717) is 0 Å². The van der Waals surface area contributed by atoms with Gasteiger partial charge < -0.3 is 24.2 Å². The molecular formula is C29H35F4N7O4. The zero-order valence-corrected chi connectivity index (χ0v) is 25.2. The Hall–Kier alpha value is -4.01. The normalized spacial score (nSPS) is 19.9. The van der Waals surface area contributed by atoms with Crippen molar-refractivity contribution in [2.75, 3.05) is 44.7 Å². The monoisotopic (exact) mass is 621 g/mol. The Morgan fingerprint density at radius 3 is 2.39 bits per heavy atom. The molecule has 2 saturated heterocycles. The fraction of sp³-hybridized carbons (Fsp3) is 0.552. The first-order valence-electron chi connectivity index (χ1n) is 14.4. The molecule has 0 radical (unpaired) electrons. The first-order valence-corrected chi connectivity index (χ1v) is 14.4. The highest BCUT2D eigenvalue weighted by molar-refractivity contribution is 5.86. The molecule has 2 aliphatic heterocycles. The fourth-order valence-corrected chi connectivity index (χ4v) is 5.47. The summed E-state index contributed by atoms with van der Waals surface area (Å²) in [5, 5.41) is 0. The second-order valence-corrected chi connectivity index (χ2v) is 12.1. The highest BCUT2D eigenvalue weighted by Crippen LogP contribution is 2.33. The van der Waals surface area contributed by atoms with Crippen LogP contribution in [0.5, 0.6) is 6.01 Å². The van der Waals surface area contributed by atoms with Crippen LogP contribution in [0, 0.1) is 5.82 Å². The van der Waals surface area contributed by atoms with Crippen LogP contribution in [0.4, 0.5) is 28.2 Å². The van der Waals surface area contributed by atoms with Crippen LogP contribution in [-0.4, -0.2) is 92.9 Å². The summed E-state index contributed by atoms with van der Waals surface area (Å²) in [7, 11) is 1.95. The molecule has 15 heteroatoms. The van der Waals surface area contributed by atoms with E-state index >= 15 is 0 Å². The lowest BCUT2D eigenvalue weighted by molar-refractivity contribution is -0.146. The number of likely N-dealkylation sites (N-methyl/N-ethyl adjacent to an activating group) is 1. The number of anilines is 1. The van der Waals surface area contributed by atoms with Crippen molar-refractivity contribution in [3.05, 3.63) is 46.3 Å². The first kappa shape index (κ1) is 31.4. The number of hydrogen-bond donors (Lipinski definition) is 0. The second-order valence-electron chi connectivity index (χ2n) is 12.1. The molecule has 0 N–H and O–H groups in total. The van der Waals surface area contributed by atoms with Crippen molar-refractivity contribution in [1.29, 1.82) is 0 Å². The number of aromatic nitrogens is 4. The summed E-state index contributed by atoms with van der Waals surface area (Å²) < 4.78 is 69.7. The standard InChI is InChI=1S/C29H35F4N7O4/c1-17-15-38(27(42)44-28(2,3)4)13-14-39(17)23-21-22(35-26(36-23)43-16-18-9-8-12-37(18)5)24(41)40(25(34-21)29(31,32)33)20-11-7-6-10-19(20)30/h6-7,10-11,17-18H,8-9,12-16H2,1-5H3. The van der Waals surface area contributed by atoms with Crippen molar-refractivity contribution < 1.29 is 31.8 Å². The zero-order valence-electron chi connectivity index (χ0n) is 25.2. The van der Waals surface area contributed by atoms with Crippen LogP contribution in [0.1, 0.15) is 46.4 Å². The minimum absolute atomic E-state index is 0.0515. The van der Waals surface area contributed by atoms with Crippen LogP contribution in [0.3, 0.4) is 0 Å². The van der Waals surface area contributed by atoms with Gasteiger partial charge in [-0.3, -0.25) is 9.36 Å². The third kappa shape index (κ3) is 6.42. The van der Waals surface area contributed by atoms with E-state index in [1.54, 1.807) is 32.6 Å². The molecule has 0 bridgehead atoms. The molecule has 2 atom stereocenters. The van der Waals surface area contributed by atoms with Gasteiger partial charge in [-0.15, -0.1) is 0 Å². The van der Waals surface area contributed by atoms with Gasteiger partial charge in [0, 0.05) is 31.7 Å². The number of rotatable bonds is 5. The van der Waals surface area contributed by atoms with Gasteiger partial charge in [0.05, 0.1) is 5.69 Å². The van der Waals surface area contributed by atoms with Crippen molar-refractivity contribution in [2.24, 2.45) is 0 Å². The molecule has 0 saturated carbocycles. The molecule has 0 aliphatic carbocycles. The quantitative estimate of drug-likeness (QED) is 0.387. The molecule has 2 aliphatic rings. The van der Waals surface area contributed by atoms with Gasteiger partial charge in [-0.25, -0.2) is 14.2 Å². The third-order valence-electron chi connectivity index (χ3n) is 7.65. The van der Waals surface area contributed by atoms with E-state index in [1.165, 1.54) is 17.0 Å². The average Bonchev–Trinajstić information content (AvgIpc) is 3.35. The molecule has 3 aromatic rings. The van der Waals surface area contributed by atoms with Crippen LogP contribution < -0.4 is 15.2 Å². The van der Waals surface area contributed by atoms with Gasteiger partial charge in [-0.05, 0) is 66.3 Å². The number of benzene rings is 1. The molecule has 11 nitrogen and oxygen atoms in total. The van der Waals surface area contributed by atoms with Crippen molar-refractivity contribution in [3.63, 3.8) is 0 Å². The summed E-state index contributed by atoms with van der Waals surface area (Å²) >= 11 is 0. The molecule has 1 aromatic carbocycles. The highest BCUT2D eigenvalue weighted by Gasteiger charge is 2.40. The van der Waals surface area contributed by atoms with E-state index in [9.17, 15) is 27.2 Å². The van der Waals surface area contributed by atoms with Gasteiger partial charge in [0.25, 0.3) is 5.56 Å². The number of nitrogens with zero attached hydrogens (tertiary/aromatic N) is 7. The Kier molecular flexibility index (Phi) is 8.44. The van der Waals surface area contributed by atoms with E-state index in [-0.39, 0.29) is 48.7 Å². The van der Waals surface area contributed by atoms with Gasteiger partial charge in [0.15, 0.2) is 11.3 Å². The van der Waals surface area contributed by atoms with Gasteiger partial charge >= 0.3 is 18.3 Å². The first-order chi connectivity index (χ1) is 20.6. The topological polar surface area (TPSA) is 106 Å². The third-order valence-corrected chi connectivity index (χ3v) is 7.65. The zero-order chi connectivity index (χ0) is 32.0. The molecule has 2 aromatic heterocycles. The minimum atomic E-state index is -5.13. The number of likely N-dealkylation sites (tertiary alicyclic amines) is 1. The van der Waals surface area contributed by atoms with E-state index in [2.05, 4.69) is 19.9 Å². The Balaban J connectivity index is 1.63. The summed E-state index contributed by atoms with van der Waals surface area (Å²) in [6, 6.07) is 4.02. The molecule has 2 fully saturated rings. The summed E-state index contributed by atoms with van der Waals surface area (Å²) in [5.74, 6) is -2.71. The maximum absolute atomic E-state index is 14.8. The number of halogens is 4. The van der Waals surface area contributed by atoms with Gasteiger partial charge in [0.1, 0.15) is 23.5 Å².